The second-order valence-corrected chi connectivity index (χ2v) is 14.0. The van der Waals surface area contributed by atoms with Gasteiger partial charge in [-0.25, -0.2) is 4.79 Å². The number of carbonyl (C=O) groups excluding carboxylic acids is 3. The van der Waals surface area contributed by atoms with E-state index in [9.17, 15) is 27.6 Å². The summed E-state index contributed by atoms with van der Waals surface area (Å²) in [5, 5.41) is 2.63. The third-order valence-corrected chi connectivity index (χ3v) is 10.8. The molecule has 10 nitrogen and oxygen atoms in total. The van der Waals surface area contributed by atoms with Crippen LogP contribution in [0.2, 0.25) is 5.02 Å². The Morgan fingerprint density at radius 1 is 1.02 bits per heavy atom. The van der Waals surface area contributed by atoms with E-state index in [1.54, 1.807) is 4.90 Å². The highest BCUT2D eigenvalue weighted by atomic mass is 35.5. The molecule has 0 unspecified atom stereocenters. The fraction of sp³-hybridized carbons (Fsp3) is 0.559. The number of nitrogens with one attached hydrogen (secondary N) is 1. The van der Waals surface area contributed by atoms with E-state index >= 15 is 0 Å². The summed E-state index contributed by atoms with van der Waals surface area (Å²) in [4.78, 5) is 48.1. The SMILES string of the molecule is CN1CCN(C2CCN(C(=O)[C@@H](Cc3cc(Cl)c(N)c(C(F)(F)F)c3)OC(=O)N3CCC4(CC3)CC(=O)Nc3ccccc34)CC2)CC1. The first-order valence-electron chi connectivity index (χ1n) is 16.5. The van der Waals surface area contributed by atoms with Crippen molar-refractivity contribution in [3.05, 3.63) is 58.1 Å². The van der Waals surface area contributed by atoms with Gasteiger partial charge < -0.3 is 30.5 Å². The van der Waals surface area contributed by atoms with E-state index in [0.717, 1.165) is 56.3 Å². The van der Waals surface area contributed by atoms with Gasteiger partial charge in [-0.2, -0.15) is 13.2 Å². The van der Waals surface area contributed by atoms with Crippen LogP contribution in [0.1, 0.15) is 48.8 Å². The van der Waals surface area contributed by atoms with Gasteiger partial charge in [-0.1, -0.05) is 29.8 Å². The zero-order valence-electron chi connectivity index (χ0n) is 27.0. The number of fused-ring (bicyclic) bond motifs is 2. The van der Waals surface area contributed by atoms with Gasteiger partial charge in [0, 0.05) is 82.3 Å². The van der Waals surface area contributed by atoms with Crippen molar-refractivity contribution in [3.63, 3.8) is 0 Å². The molecular weight excluding hydrogens is 649 g/mol. The van der Waals surface area contributed by atoms with Gasteiger partial charge in [-0.3, -0.25) is 14.5 Å². The van der Waals surface area contributed by atoms with Gasteiger partial charge in [-0.15, -0.1) is 0 Å². The molecule has 0 bridgehead atoms. The van der Waals surface area contributed by atoms with Crippen LogP contribution >= 0.6 is 11.6 Å². The molecule has 0 aliphatic carbocycles. The van der Waals surface area contributed by atoms with Crippen LogP contribution in [0.5, 0.6) is 0 Å². The van der Waals surface area contributed by atoms with Gasteiger partial charge in [0.05, 0.1) is 16.3 Å². The second kappa shape index (κ2) is 13.8. The maximum absolute atomic E-state index is 14.0. The summed E-state index contributed by atoms with van der Waals surface area (Å²) >= 11 is 6.11. The van der Waals surface area contributed by atoms with Crippen molar-refractivity contribution in [2.75, 3.05) is 70.5 Å². The number of nitrogens with zero attached hydrogens (tertiary/aromatic N) is 4. The van der Waals surface area contributed by atoms with Crippen molar-refractivity contribution in [1.82, 2.24) is 19.6 Å². The number of benzene rings is 2. The van der Waals surface area contributed by atoms with Crippen molar-refractivity contribution >= 4 is 40.9 Å². The van der Waals surface area contributed by atoms with Gasteiger partial charge in [0.1, 0.15) is 0 Å². The lowest BCUT2D eigenvalue weighted by atomic mass is 9.68. The molecule has 0 aromatic heterocycles. The maximum Gasteiger partial charge on any atom is 0.418 e. The Morgan fingerprint density at radius 3 is 2.35 bits per heavy atom. The van der Waals surface area contributed by atoms with E-state index in [4.69, 9.17) is 22.1 Å². The minimum absolute atomic E-state index is 0.0767. The van der Waals surface area contributed by atoms with Crippen molar-refractivity contribution in [2.24, 2.45) is 0 Å². The Morgan fingerprint density at radius 2 is 1.69 bits per heavy atom. The van der Waals surface area contributed by atoms with Crippen LogP contribution in [0.25, 0.3) is 0 Å². The molecule has 4 aliphatic heterocycles. The Labute approximate surface area is 283 Å². The van der Waals surface area contributed by atoms with Crippen LogP contribution in [-0.2, 0) is 32.3 Å². The number of likely N-dealkylation sites (tertiary alicyclic amines) is 2. The number of hydrogen-bond acceptors (Lipinski definition) is 7. The molecule has 2 aromatic carbocycles. The monoisotopic (exact) mass is 690 g/mol. The first kappa shape index (κ1) is 34.3. The van der Waals surface area contributed by atoms with Crippen LogP contribution in [0, 0.1) is 0 Å². The Bertz CT molecular complexity index is 1530. The van der Waals surface area contributed by atoms with E-state index in [0.29, 0.717) is 51.5 Å². The smallest absolute Gasteiger partial charge is 0.418 e. The number of halogens is 4. The standard InChI is InChI=1S/C34H42ClF3N6O4/c1-41-14-16-42(17-15-41)23-6-10-43(11-7-23)31(46)28(20-22-18-25(34(36,37)38)30(39)26(35)19-22)48-32(47)44-12-8-33(9-13-44)21-29(45)40-27-5-3-2-4-24(27)33/h2-5,18-19,23,28H,6-17,20-21,39H2,1H3,(H,40,45)/t28-/m1/s1. The molecule has 2 aromatic rings. The first-order chi connectivity index (χ1) is 22.8. The third-order valence-electron chi connectivity index (χ3n) is 10.5. The van der Waals surface area contributed by atoms with Gasteiger partial charge in [0.25, 0.3) is 5.91 Å². The summed E-state index contributed by atoms with van der Waals surface area (Å²) < 4.78 is 47.2. The van der Waals surface area contributed by atoms with E-state index < -0.39 is 40.9 Å². The molecule has 3 saturated heterocycles. The fourth-order valence-corrected chi connectivity index (χ4v) is 7.92. The molecular formula is C34H42ClF3N6O4. The number of nitrogens with two attached hydrogens (primary N) is 1. The first-order valence-corrected chi connectivity index (χ1v) is 16.9. The lowest BCUT2D eigenvalue weighted by molar-refractivity contribution is -0.142. The van der Waals surface area contributed by atoms with E-state index in [1.165, 1.54) is 11.0 Å². The Hall–Kier alpha value is -3.55. The minimum Gasteiger partial charge on any atom is -0.436 e. The number of amides is 3. The van der Waals surface area contributed by atoms with Crippen molar-refractivity contribution in [2.45, 2.75) is 62.3 Å². The summed E-state index contributed by atoms with van der Waals surface area (Å²) in [5.74, 6) is -0.528. The number of nitrogen functional groups attached to an aromatic ring is 1. The molecule has 3 amide bonds. The number of piperidine rings is 2. The zero-order valence-corrected chi connectivity index (χ0v) is 27.8. The largest absolute Gasteiger partial charge is 0.436 e. The number of anilines is 2. The van der Waals surface area contributed by atoms with Crippen LogP contribution in [0.15, 0.2) is 36.4 Å². The van der Waals surface area contributed by atoms with Crippen molar-refractivity contribution < 1.29 is 32.3 Å². The summed E-state index contributed by atoms with van der Waals surface area (Å²) in [6, 6.07) is 10.1. The summed E-state index contributed by atoms with van der Waals surface area (Å²) in [7, 11) is 2.10. The summed E-state index contributed by atoms with van der Waals surface area (Å²) in [6.07, 6.45) is -4.28. The quantitative estimate of drug-likeness (QED) is 0.442. The zero-order chi connectivity index (χ0) is 34.2. The molecule has 4 aliphatic rings. The number of likely N-dealkylation sites (N-methyl/N-ethyl adjacent to an activating group) is 1. The molecule has 48 heavy (non-hydrogen) atoms. The van der Waals surface area contributed by atoms with Crippen LogP contribution in [0.4, 0.5) is 29.3 Å². The van der Waals surface area contributed by atoms with Crippen LogP contribution in [0.3, 0.4) is 0 Å². The lowest BCUT2D eigenvalue weighted by Crippen LogP contribution is -2.54. The third kappa shape index (κ3) is 7.23. The molecule has 0 radical (unpaired) electrons. The van der Waals surface area contributed by atoms with Crippen molar-refractivity contribution in [1.29, 1.82) is 0 Å². The predicted molar refractivity (Wildman–Crippen MR) is 176 cm³/mol. The average Bonchev–Trinajstić information content (AvgIpc) is 3.06. The number of alkyl halides is 3. The highest BCUT2D eigenvalue weighted by Crippen LogP contribution is 2.45. The average molecular weight is 691 g/mol. The fourth-order valence-electron chi connectivity index (χ4n) is 7.67. The molecule has 1 atom stereocenters. The molecule has 3 N–H and O–H groups in total. The molecule has 4 heterocycles. The number of hydrogen-bond donors (Lipinski definition) is 2. The summed E-state index contributed by atoms with van der Waals surface area (Å²) in [6.45, 7) is 5.39. The van der Waals surface area contributed by atoms with Crippen LogP contribution < -0.4 is 11.1 Å². The lowest BCUT2D eigenvalue weighted by Gasteiger charge is -2.44. The van der Waals surface area contributed by atoms with Crippen molar-refractivity contribution in [3.8, 4) is 0 Å². The second-order valence-electron chi connectivity index (χ2n) is 13.5. The topological polar surface area (TPSA) is 111 Å². The van der Waals surface area contributed by atoms with Gasteiger partial charge in [0.15, 0.2) is 6.10 Å². The molecule has 6 rings (SSSR count). The molecule has 14 heteroatoms. The number of piperazine rings is 1. The van der Waals surface area contributed by atoms with Gasteiger partial charge in [0.2, 0.25) is 5.91 Å². The predicted octanol–water partition coefficient (Wildman–Crippen LogP) is 4.60. The van der Waals surface area contributed by atoms with Gasteiger partial charge in [-0.05, 0) is 62.1 Å². The normalized spacial score (nSPS) is 21.5. The Balaban J connectivity index is 1.17. The van der Waals surface area contributed by atoms with Gasteiger partial charge >= 0.3 is 12.3 Å². The highest BCUT2D eigenvalue weighted by molar-refractivity contribution is 6.33. The molecule has 1 spiro atoms. The number of rotatable bonds is 5. The highest BCUT2D eigenvalue weighted by Gasteiger charge is 2.44. The maximum atomic E-state index is 14.0. The molecule has 260 valence electrons. The van der Waals surface area contributed by atoms with E-state index in [-0.39, 0.29) is 22.9 Å². The number of carbonyl (C=O) groups is 3. The molecule has 3 fully saturated rings. The number of ether oxygens (including phenoxy) is 1. The van der Waals surface area contributed by atoms with Crippen LogP contribution in [-0.4, -0.2) is 109 Å². The van der Waals surface area contributed by atoms with E-state index in [1.807, 2.05) is 24.3 Å². The Kier molecular flexibility index (Phi) is 9.83. The minimum atomic E-state index is -4.76. The molecule has 0 saturated carbocycles. The summed E-state index contributed by atoms with van der Waals surface area (Å²) in [5.41, 5.74) is 5.42. The number of para-hydroxylation sites is 1. The van der Waals surface area contributed by atoms with E-state index in [2.05, 4.69) is 22.2 Å².